The van der Waals surface area contributed by atoms with E-state index in [-0.39, 0.29) is 10.8 Å². The van der Waals surface area contributed by atoms with Crippen LogP contribution in [0.3, 0.4) is 0 Å². The maximum Gasteiger partial charge on any atom is 0.227 e. The van der Waals surface area contributed by atoms with E-state index < -0.39 is 0 Å². The molecule has 1 atom stereocenters. The molecule has 0 amide bonds. The molecule has 14 heavy (non-hydrogen) atoms. The fourth-order valence-corrected chi connectivity index (χ4v) is 1.19. The Bertz CT molecular complexity index is 291. The standard InChI is InChI=1S/C10H17ClN2O/c1-5-7(11)9-12-8(14-13-9)6-10(2,3)4/h7H,5-6H2,1-4H3. The topological polar surface area (TPSA) is 38.9 Å². The molecule has 0 bridgehead atoms. The second-order valence-electron chi connectivity index (χ2n) is 4.66. The predicted octanol–water partition coefficient (Wildman–Crippen LogP) is 3.35. The predicted molar refractivity (Wildman–Crippen MR) is 56.3 cm³/mol. The minimum absolute atomic E-state index is 0.132. The van der Waals surface area contributed by atoms with Gasteiger partial charge in [-0.05, 0) is 11.8 Å². The number of aromatic nitrogens is 2. The summed E-state index contributed by atoms with van der Waals surface area (Å²) in [5, 5.41) is 3.72. The Labute approximate surface area is 89.8 Å². The number of rotatable bonds is 3. The van der Waals surface area contributed by atoms with Crippen molar-refractivity contribution < 1.29 is 4.52 Å². The summed E-state index contributed by atoms with van der Waals surface area (Å²) in [5.41, 5.74) is 0.165. The fourth-order valence-electron chi connectivity index (χ4n) is 1.10. The van der Waals surface area contributed by atoms with Crippen LogP contribution < -0.4 is 0 Å². The monoisotopic (exact) mass is 216 g/mol. The Hall–Kier alpha value is -0.570. The summed E-state index contributed by atoms with van der Waals surface area (Å²) in [6, 6.07) is 0. The number of halogens is 1. The van der Waals surface area contributed by atoms with Crippen molar-refractivity contribution in [3.63, 3.8) is 0 Å². The molecule has 0 fully saturated rings. The summed E-state index contributed by atoms with van der Waals surface area (Å²) in [6.07, 6.45) is 1.60. The number of hydrogen-bond donors (Lipinski definition) is 0. The molecule has 0 saturated heterocycles. The Kier molecular flexibility index (Phi) is 3.53. The molecule has 0 aromatic carbocycles. The van der Waals surface area contributed by atoms with Gasteiger partial charge in [0, 0.05) is 6.42 Å². The average Bonchev–Trinajstić information content (AvgIpc) is 2.48. The molecule has 1 aromatic heterocycles. The summed E-state index contributed by atoms with van der Waals surface area (Å²) in [6.45, 7) is 8.40. The van der Waals surface area contributed by atoms with Gasteiger partial charge in [0.25, 0.3) is 0 Å². The summed E-state index contributed by atoms with van der Waals surface area (Å²) in [4.78, 5) is 4.26. The highest BCUT2D eigenvalue weighted by atomic mass is 35.5. The zero-order valence-electron chi connectivity index (χ0n) is 9.17. The van der Waals surface area contributed by atoms with E-state index in [2.05, 4.69) is 30.9 Å². The zero-order valence-corrected chi connectivity index (χ0v) is 9.93. The van der Waals surface area contributed by atoms with Crippen molar-refractivity contribution >= 4 is 11.6 Å². The van der Waals surface area contributed by atoms with Crippen molar-refractivity contribution in [3.8, 4) is 0 Å². The van der Waals surface area contributed by atoms with Crippen LogP contribution in [0.4, 0.5) is 0 Å². The second kappa shape index (κ2) is 4.30. The van der Waals surface area contributed by atoms with E-state index in [4.69, 9.17) is 16.1 Å². The van der Waals surface area contributed by atoms with Crippen LogP contribution >= 0.6 is 11.6 Å². The lowest BCUT2D eigenvalue weighted by atomic mass is 9.92. The average molecular weight is 217 g/mol. The van der Waals surface area contributed by atoms with Gasteiger partial charge in [0.2, 0.25) is 5.89 Å². The molecule has 1 aromatic rings. The van der Waals surface area contributed by atoms with Gasteiger partial charge in [-0.2, -0.15) is 4.98 Å². The third kappa shape index (κ3) is 3.29. The van der Waals surface area contributed by atoms with Crippen molar-refractivity contribution in [2.75, 3.05) is 0 Å². The number of hydrogen-bond acceptors (Lipinski definition) is 3. The van der Waals surface area contributed by atoms with E-state index in [9.17, 15) is 0 Å². The first kappa shape index (κ1) is 11.5. The van der Waals surface area contributed by atoms with Gasteiger partial charge in [0.15, 0.2) is 5.82 Å². The molecule has 80 valence electrons. The molecule has 0 aliphatic rings. The number of nitrogens with zero attached hydrogens (tertiary/aromatic N) is 2. The van der Waals surface area contributed by atoms with Crippen LogP contribution in [0.1, 0.15) is 51.2 Å². The second-order valence-corrected chi connectivity index (χ2v) is 5.19. The van der Waals surface area contributed by atoms with Crippen LogP contribution in [0.5, 0.6) is 0 Å². The Morgan fingerprint density at radius 3 is 2.57 bits per heavy atom. The molecule has 1 heterocycles. The molecule has 4 heteroatoms. The molecule has 0 N–H and O–H groups in total. The third-order valence-electron chi connectivity index (χ3n) is 1.80. The molecule has 0 radical (unpaired) electrons. The van der Waals surface area contributed by atoms with Gasteiger partial charge in [-0.15, -0.1) is 11.6 Å². The van der Waals surface area contributed by atoms with Crippen molar-refractivity contribution in [2.24, 2.45) is 5.41 Å². The van der Waals surface area contributed by atoms with Gasteiger partial charge in [-0.25, -0.2) is 0 Å². The highest BCUT2D eigenvalue weighted by Crippen LogP contribution is 2.23. The maximum atomic E-state index is 5.99. The van der Waals surface area contributed by atoms with Crippen LogP contribution in [0.15, 0.2) is 4.52 Å². The van der Waals surface area contributed by atoms with Crippen molar-refractivity contribution in [1.82, 2.24) is 10.1 Å². The Morgan fingerprint density at radius 2 is 2.07 bits per heavy atom. The lowest BCUT2D eigenvalue weighted by Gasteiger charge is -2.13. The summed E-state index contributed by atoms with van der Waals surface area (Å²) < 4.78 is 5.12. The minimum Gasteiger partial charge on any atom is -0.339 e. The smallest absolute Gasteiger partial charge is 0.227 e. The molecule has 0 saturated carbocycles. The molecule has 1 rings (SSSR count). The minimum atomic E-state index is -0.132. The normalized spacial score (nSPS) is 14.4. The van der Waals surface area contributed by atoms with Crippen molar-refractivity contribution in [1.29, 1.82) is 0 Å². The molecule has 0 aliphatic carbocycles. The molecule has 0 aliphatic heterocycles. The molecule has 3 nitrogen and oxygen atoms in total. The van der Waals surface area contributed by atoms with Crippen LogP contribution in [-0.2, 0) is 6.42 Å². The van der Waals surface area contributed by atoms with E-state index in [0.29, 0.717) is 11.7 Å². The van der Waals surface area contributed by atoms with E-state index in [1.54, 1.807) is 0 Å². The van der Waals surface area contributed by atoms with Crippen LogP contribution in [0, 0.1) is 5.41 Å². The zero-order chi connectivity index (χ0) is 10.8. The van der Waals surface area contributed by atoms with Gasteiger partial charge in [-0.1, -0.05) is 32.9 Å². The molecule has 0 spiro atoms. The molecular weight excluding hydrogens is 200 g/mol. The molecular formula is C10H17ClN2O. The quantitative estimate of drug-likeness (QED) is 0.728. The van der Waals surface area contributed by atoms with Crippen LogP contribution in [0.2, 0.25) is 0 Å². The summed E-state index contributed by atoms with van der Waals surface area (Å²) in [5.74, 6) is 1.28. The fraction of sp³-hybridized carbons (Fsp3) is 0.800. The van der Waals surface area contributed by atoms with Crippen molar-refractivity contribution in [3.05, 3.63) is 11.7 Å². The summed E-state index contributed by atoms with van der Waals surface area (Å²) in [7, 11) is 0. The SMILES string of the molecule is CCC(Cl)c1noc(CC(C)(C)C)n1. The van der Waals surface area contributed by atoms with Crippen LogP contribution in [-0.4, -0.2) is 10.1 Å². The van der Waals surface area contributed by atoms with E-state index in [1.165, 1.54) is 0 Å². The van der Waals surface area contributed by atoms with E-state index in [0.717, 1.165) is 12.8 Å². The third-order valence-corrected chi connectivity index (χ3v) is 2.31. The first-order valence-corrected chi connectivity index (χ1v) is 5.32. The van der Waals surface area contributed by atoms with E-state index >= 15 is 0 Å². The lowest BCUT2D eigenvalue weighted by Crippen LogP contribution is -2.09. The number of alkyl halides is 1. The highest BCUT2D eigenvalue weighted by Gasteiger charge is 2.18. The van der Waals surface area contributed by atoms with Gasteiger partial charge >= 0.3 is 0 Å². The van der Waals surface area contributed by atoms with Gasteiger partial charge in [0.1, 0.15) is 0 Å². The van der Waals surface area contributed by atoms with Gasteiger partial charge < -0.3 is 4.52 Å². The van der Waals surface area contributed by atoms with Gasteiger partial charge in [0.05, 0.1) is 5.38 Å². The first-order valence-electron chi connectivity index (χ1n) is 4.89. The highest BCUT2D eigenvalue weighted by molar-refractivity contribution is 6.20. The largest absolute Gasteiger partial charge is 0.339 e. The molecule has 1 unspecified atom stereocenters. The van der Waals surface area contributed by atoms with Gasteiger partial charge in [-0.3, -0.25) is 0 Å². The lowest BCUT2D eigenvalue weighted by molar-refractivity contribution is 0.312. The van der Waals surface area contributed by atoms with E-state index in [1.807, 2.05) is 6.92 Å². The van der Waals surface area contributed by atoms with Crippen molar-refractivity contribution in [2.45, 2.75) is 45.9 Å². The first-order chi connectivity index (χ1) is 6.42. The maximum absolute atomic E-state index is 5.99. The van der Waals surface area contributed by atoms with Crippen LogP contribution in [0.25, 0.3) is 0 Å². The Morgan fingerprint density at radius 1 is 1.43 bits per heavy atom. The Balaban J connectivity index is 2.69. The summed E-state index contributed by atoms with van der Waals surface area (Å²) >= 11 is 5.99.